The number of nitrogens with two attached hydrogens (primary N) is 1. The van der Waals surface area contributed by atoms with Crippen molar-refractivity contribution in [2.45, 2.75) is 23.1 Å². The molecule has 0 saturated heterocycles. The van der Waals surface area contributed by atoms with Gasteiger partial charge in [-0.2, -0.15) is 0 Å². The summed E-state index contributed by atoms with van der Waals surface area (Å²) in [5.41, 5.74) is 7.17. The molecule has 100 valence electrons. The van der Waals surface area contributed by atoms with Gasteiger partial charge in [-0.25, -0.2) is 4.39 Å². The van der Waals surface area contributed by atoms with E-state index in [1.807, 2.05) is 12.1 Å². The highest BCUT2D eigenvalue weighted by atomic mass is 79.9. The Labute approximate surface area is 125 Å². The minimum Gasteiger partial charge on any atom is -0.323 e. The van der Waals surface area contributed by atoms with Crippen LogP contribution in [0.25, 0.3) is 0 Å². The molecule has 2 unspecified atom stereocenters. The summed E-state index contributed by atoms with van der Waals surface area (Å²) in [7, 11) is 0. The van der Waals surface area contributed by atoms with E-state index in [-0.39, 0.29) is 17.1 Å². The molecule has 2 aromatic carbocycles. The van der Waals surface area contributed by atoms with Crippen molar-refractivity contribution < 1.29 is 4.39 Å². The maximum Gasteiger partial charge on any atom is 0.123 e. The molecular weight excluding hydrogens is 325 g/mol. The van der Waals surface area contributed by atoms with E-state index in [0.29, 0.717) is 0 Å². The fraction of sp³-hybridized carbons (Fsp3) is 0.200. The van der Waals surface area contributed by atoms with Gasteiger partial charge in [0, 0.05) is 20.7 Å². The number of benzene rings is 2. The Morgan fingerprint density at radius 2 is 1.63 bits per heavy atom. The van der Waals surface area contributed by atoms with Crippen LogP contribution in [0.3, 0.4) is 0 Å². The topological polar surface area (TPSA) is 26.0 Å². The zero-order valence-electron chi connectivity index (χ0n) is 10.5. The van der Waals surface area contributed by atoms with E-state index in [1.165, 1.54) is 17.0 Å². The van der Waals surface area contributed by atoms with Gasteiger partial charge in [-0.1, -0.05) is 35.0 Å². The Hall–Kier alpha value is -0.840. The third kappa shape index (κ3) is 4.06. The highest BCUT2D eigenvalue weighted by Crippen LogP contribution is 2.31. The molecule has 4 heteroatoms. The number of thioether (sulfide) groups is 1. The zero-order valence-corrected chi connectivity index (χ0v) is 12.9. The second kappa shape index (κ2) is 6.55. The van der Waals surface area contributed by atoms with Gasteiger partial charge in [0.2, 0.25) is 0 Å². The highest BCUT2D eigenvalue weighted by Gasteiger charge is 2.16. The number of hydrogen-bond donors (Lipinski definition) is 1. The molecule has 2 N–H and O–H groups in total. The first kappa shape index (κ1) is 14.6. The number of halogens is 2. The van der Waals surface area contributed by atoms with Crippen LogP contribution in [-0.4, -0.2) is 5.25 Å². The Bertz CT molecular complexity index is 527. The van der Waals surface area contributed by atoms with Crippen molar-refractivity contribution in [3.8, 4) is 0 Å². The van der Waals surface area contributed by atoms with Crippen LogP contribution in [0.1, 0.15) is 18.5 Å². The maximum atomic E-state index is 12.9. The van der Waals surface area contributed by atoms with Gasteiger partial charge in [-0.05, 0) is 42.0 Å². The minimum absolute atomic E-state index is 0.116. The van der Waals surface area contributed by atoms with Crippen molar-refractivity contribution in [3.05, 3.63) is 64.4 Å². The van der Waals surface area contributed by atoms with Gasteiger partial charge in [0.1, 0.15) is 5.82 Å². The molecule has 0 aliphatic heterocycles. The molecule has 0 aliphatic rings. The smallest absolute Gasteiger partial charge is 0.123 e. The summed E-state index contributed by atoms with van der Waals surface area (Å²) in [5.74, 6) is -0.232. The summed E-state index contributed by atoms with van der Waals surface area (Å²) in [6, 6.07) is 14.4. The molecule has 0 radical (unpaired) electrons. The van der Waals surface area contributed by atoms with E-state index < -0.39 is 0 Å². The van der Waals surface area contributed by atoms with Gasteiger partial charge >= 0.3 is 0 Å². The summed E-state index contributed by atoms with van der Waals surface area (Å²) in [6.07, 6.45) is 0. The molecule has 2 aromatic rings. The van der Waals surface area contributed by atoms with Gasteiger partial charge in [0.15, 0.2) is 0 Å². The first-order valence-corrected chi connectivity index (χ1v) is 7.67. The number of hydrogen-bond acceptors (Lipinski definition) is 2. The van der Waals surface area contributed by atoms with Gasteiger partial charge < -0.3 is 5.73 Å². The fourth-order valence-corrected chi connectivity index (χ4v) is 3.05. The summed E-state index contributed by atoms with van der Waals surface area (Å²) in [4.78, 5) is 1.17. The Kier molecular flexibility index (Phi) is 5.02. The molecule has 0 aliphatic carbocycles. The van der Waals surface area contributed by atoms with Gasteiger partial charge in [-0.15, -0.1) is 11.8 Å². The maximum absolute atomic E-state index is 12.9. The van der Waals surface area contributed by atoms with Gasteiger partial charge in [0.25, 0.3) is 0 Å². The third-order valence-electron chi connectivity index (χ3n) is 2.90. The van der Waals surface area contributed by atoms with Gasteiger partial charge in [0.05, 0.1) is 0 Å². The van der Waals surface area contributed by atoms with Crippen molar-refractivity contribution in [3.63, 3.8) is 0 Å². The lowest BCUT2D eigenvalue weighted by molar-refractivity contribution is 0.624. The predicted octanol–water partition coefficient (Wildman–Crippen LogP) is 4.77. The molecule has 2 rings (SSSR count). The molecule has 0 amide bonds. The van der Waals surface area contributed by atoms with E-state index in [0.717, 1.165) is 10.0 Å². The normalized spacial score (nSPS) is 14.1. The second-order valence-corrected chi connectivity index (χ2v) is 6.72. The summed E-state index contributed by atoms with van der Waals surface area (Å²) in [5, 5.41) is 0.214. The highest BCUT2D eigenvalue weighted by molar-refractivity contribution is 9.10. The zero-order chi connectivity index (χ0) is 13.8. The van der Waals surface area contributed by atoms with Crippen molar-refractivity contribution in [1.29, 1.82) is 0 Å². The van der Waals surface area contributed by atoms with Crippen LogP contribution in [0.5, 0.6) is 0 Å². The van der Waals surface area contributed by atoms with Crippen LogP contribution in [-0.2, 0) is 0 Å². The van der Waals surface area contributed by atoms with E-state index in [9.17, 15) is 4.39 Å². The van der Waals surface area contributed by atoms with E-state index >= 15 is 0 Å². The molecule has 0 heterocycles. The molecule has 19 heavy (non-hydrogen) atoms. The van der Waals surface area contributed by atoms with Crippen LogP contribution in [0.4, 0.5) is 4.39 Å². The molecule has 0 aromatic heterocycles. The SMILES string of the molecule is CC(Sc1ccc(Br)cc1)C(N)c1ccc(F)cc1. The Morgan fingerprint density at radius 3 is 2.21 bits per heavy atom. The third-order valence-corrected chi connectivity index (χ3v) is 4.63. The predicted molar refractivity (Wildman–Crippen MR) is 82.8 cm³/mol. The average molecular weight is 340 g/mol. The molecule has 0 saturated carbocycles. The quantitative estimate of drug-likeness (QED) is 0.812. The van der Waals surface area contributed by atoms with Crippen molar-refractivity contribution in [2.24, 2.45) is 5.73 Å². The Morgan fingerprint density at radius 1 is 1.05 bits per heavy atom. The summed E-state index contributed by atoms with van der Waals surface area (Å²) < 4.78 is 13.9. The van der Waals surface area contributed by atoms with Crippen molar-refractivity contribution >= 4 is 27.7 Å². The minimum atomic E-state index is -0.232. The van der Waals surface area contributed by atoms with Crippen molar-refractivity contribution in [1.82, 2.24) is 0 Å². The molecule has 0 spiro atoms. The molecular formula is C15H15BrFNS. The largest absolute Gasteiger partial charge is 0.323 e. The van der Waals surface area contributed by atoms with E-state index in [2.05, 4.69) is 35.0 Å². The lowest BCUT2D eigenvalue weighted by Gasteiger charge is -2.20. The van der Waals surface area contributed by atoms with Crippen LogP contribution < -0.4 is 5.73 Å². The van der Waals surface area contributed by atoms with E-state index in [1.54, 1.807) is 23.9 Å². The second-order valence-electron chi connectivity index (χ2n) is 4.35. The van der Waals surface area contributed by atoms with Crippen LogP contribution in [0, 0.1) is 5.82 Å². The Balaban J connectivity index is 2.04. The monoisotopic (exact) mass is 339 g/mol. The molecule has 0 fully saturated rings. The fourth-order valence-electron chi connectivity index (χ4n) is 1.76. The molecule has 0 bridgehead atoms. The van der Waals surface area contributed by atoms with Crippen LogP contribution in [0.2, 0.25) is 0 Å². The van der Waals surface area contributed by atoms with Gasteiger partial charge in [-0.3, -0.25) is 0 Å². The molecule has 1 nitrogen and oxygen atoms in total. The summed E-state index contributed by atoms with van der Waals surface area (Å²) >= 11 is 5.13. The summed E-state index contributed by atoms with van der Waals surface area (Å²) in [6.45, 7) is 2.08. The van der Waals surface area contributed by atoms with Crippen molar-refractivity contribution in [2.75, 3.05) is 0 Å². The van der Waals surface area contributed by atoms with Crippen LogP contribution in [0.15, 0.2) is 57.9 Å². The first-order chi connectivity index (χ1) is 9.06. The number of rotatable bonds is 4. The van der Waals surface area contributed by atoms with Crippen LogP contribution >= 0.6 is 27.7 Å². The molecule has 2 atom stereocenters. The lowest BCUT2D eigenvalue weighted by Crippen LogP contribution is -2.20. The standard InChI is InChI=1S/C15H15BrFNS/c1-10(19-14-8-4-12(16)5-9-14)15(18)11-2-6-13(17)7-3-11/h2-10,15H,18H2,1H3. The lowest BCUT2D eigenvalue weighted by atomic mass is 10.1. The first-order valence-electron chi connectivity index (χ1n) is 5.99. The average Bonchev–Trinajstić information content (AvgIpc) is 2.41. The van der Waals surface area contributed by atoms with E-state index in [4.69, 9.17) is 5.73 Å².